The Bertz CT molecular complexity index is 1130. The fourth-order valence-electron chi connectivity index (χ4n) is 4.39. The number of carbonyl (C=O) groups is 1. The van der Waals surface area contributed by atoms with E-state index in [-0.39, 0.29) is 23.4 Å². The Labute approximate surface area is 181 Å². The van der Waals surface area contributed by atoms with Crippen molar-refractivity contribution in [2.45, 2.75) is 53.5 Å². The van der Waals surface area contributed by atoms with Crippen LogP contribution >= 0.6 is 11.3 Å². The van der Waals surface area contributed by atoms with E-state index in [9.17, 15) is 9.59 Å². The predicted octanol–water partition coefficient (Wildman–Crippen LogP) is 4.66. The number of hydrogen-bond donors (Lipinski definition) is 0. The number of thiophene rings is 1. The van der Waals surface area contributed by atoms with Gasteiger partial charge in [0.25, 0.3) is 5.56 Å². The van der Waals surface area contributed by atoms with Gasteiger partial charge < -0.3 is 4.90 Å². The molecule has 1 aliphatic rings. The fraction of sp³-hybridized carbons (Fsp3) is 0.458. The molecule has 0 saturated carbocycles. The summed E-state index contributed by atoms with van der Waals surface area (Å²) in [6.45, 7) is 9.36. The van der Waals surface area contributed by atoms with Crippen LogP contribution in [0, 0.1) is 11.3 Å². The second kappa shape index (κ2) is 7.99. The molecule has 1 atom stereocenters. The summed E-state index contributed by atoms with van der Waals surface area (Å²) in [6, 6.07) is 9.56. The van der Waals surface area contributed by atoms with Gasteiger partial charge in [-0.25, -0.2) is 4.98 Å². The first-order valence-electron chi connectivity index (χ1n) is 10.6. The number of hydrogen-bond acceptors (Lipinski definition) is 4. The molecule has 158 valence electrons. The maximum absolute atomic E-state index is 13.3. The van der Waals surface area contributed by atoms with Crippen LogP contribution in [0.2, 0.25) is 0 Å². The Morgan fingerprint density at radius 2 is 2.00 bits per heavy atom. The lowest BCUT2D eigenvalue weighted by Gasteiger charge is -2.33. The fourth-order valence-corrected chi connectivity index (χ4v) is 5.65. The van der Waals surface area contributed by atoms with Gasteiger partial charge in [-0.15, -0.1) is 11.3 Å². The number of para-hydroxylation sites is 1. The molecule has 2 heterocycles. The highest BCUT2D eigenvalue weighted by molar-refractivity contribution is 7.18. The van der Waals surface area contributed by atoms with E-state index in [0.717, 1.165) is 40.7 Å². The van der Waals surface area contributed by atoms with Crippen molar-refractivity contribution in [3.05, 3.63) is 57.5 Å². The second-order valence-electron chi connectivity index (χ2n) is 9.14. The molecule has 1 aliphatic carbocycles. The largest absolute Gasteiger partial charge is 0.311 e. The summed E-state index contributed by atoms with van der Waals surface area (Å²) in [7, 11) is 0. The number of aryl methyl sites for hydroxylation is 1. The van der Waals surface area contributed by atoms with Crippen LogP contribution in [0.1, 0.15) is 44.6 Å². The van der Waals surface area contributed by atoms with Gasteiger partial charge >= 0.3 is 0 Å². The Morgan fingerprint density at radius 3 is 2.67 bits per heavy atom. The minimum absolute atomic E-state index is 0.000254. The number of nitrogens with zero attached hydrogens (tertiary/aromatic N) is 3. The lowest BCUT2D eigenvalue weighted by Crippen LogP contribution is -2.36. The topological polar surface area (TPSA) is 55.2 Å². The number of amides is 1. The van der Waals surface area contributed by atoms with E-state index >= 15 is 0 Å². The SMILES string of the molecule is CCN(C(=O)Cn1cnc2sc3c(c2c1=O)CC[C@H](C(C)(C)C)C3)c1ccccc1. The summed E-state index contributed by atoms with van der Waals surface area (Å²) in [4.78, 5) is 34.6. The molecule has 0 aliphatic heterocycles. The van der Waals surface area contributed by atoms with Crippen LogP contribution in [0.5, 0.6) is 0 Å². The van der Waals surface area contributed by atoms with Crippen molar-refractivity contribution in [3.63, 3.8) is 0 Å². The van der Waals surface area contributed by atoms with Crippen molar-refractivity contribution in [1.29, 1.82) is 0 Å². The van der Waals surface area contributed by atoms with Gasteiger partial charge in [-0.3, -0.25) is 14.2 Å². The Morgan fingerprint density at radius 1 is 1.27 bits per heavy atom. The van der Waals surface area contributed by atoms with E-state index in [0.29, 0.717) is 12.5 Å². The van der Waals surface area contributed by atoms with Crippen molar-refractivity contribution >= 4 is 33.1 Å². The van der Waals surface area contributed by atoms with Crippen LogP contribution in [0.25, 0.3) is 10.2 Å². The Balaban J connectivity index is 1.65. The summed E-state index contributed by atoms with van der Waals surface area (Å²) in [5.74, 6) is 0.509. The molecule has 0 saturated heterocycles. The lowest BCUT2D eigenvalue weighted by atomic mass is 9.72. The van der Waals surface area contributed by atoms with Gasteiger partial charge in [-0.1, -0.05) is 39.0 Å². The predicted molar refractivity (Wildman–Crippen MR) is 123 cm³/mol. The van der Waals surface area contributed by atoms with Gasteiger partial charge in [-0.2, -0.15) is 0 Å². The molecule has 1 aromatic carbocycles. The first-order chi connectivity index (χ1) is 14.3. The van der Waals surface area contributed by atoms with Crippen molar-refractivity contribution in [3.8, 4) is 0 Å². The van der Waals surface area contributed by atoms with Gasteiger partial charge in [0, 0.05) is 17.1 Å². The van der Waals surface area contributed by atoms with Crippen LogP contribution in [-0.4, -0.2) is 22.0 Å². The molecular weight excluding hydrogens is 394 g/mol. The minimum Gasteiger partial charge on any atom is -0.311 e. The maximum Gasteiger partial charge on any atom is 0.262 e. The number of fused-ring (bicyclic) bond motifs is 3. The molecule has 0 unspecified atom stereocenters. The van der Waals surface area contributed by atoms with E-state index in [4.69, 9.17) is 0 Å². The maximum atomic E-state index is 13.3. The molecule has 0 N–H and O–H groups in total. The van der Waals surface area contributed by atoms with Crippen molar-refractivity contribution in [1.82, 2.24) is 9.55 Å². The summed E-state index contributed by atoms with van der Waals surface area (Å²) < 4.78 is 1.47. The molecule has 0 radical (unpaired) electrons. The van der Waals surface area contributed by atoms with Crippen LogP contribution in [0.3, 0.4) is 0 Å². The lowest BCUT2D eigenvalue weighted by molar-refractivity contribution is -0.119. The molecule has 0 fully saturated rings. The smallest absolute Gasteiger partial charge is 0.262 e. The second-order valence-corrected chi connectivity index (χ2v) is 10.2. The summed E-state index contributed by atoms with van der Waals surface area (Å²) in [6.07, 6.45) is 4.55. The van der Waals surface area contributed by atoms with Crippen LogP contribution in [0.15, 0.2) is 41.5 Å². The highest BCUT2D eigenvalue weighted by Crippen LogP contribution is 2.41. The number of rotatable bonds is 4. The average Bonchev–Trinajstić information content (AvgIpc) is 3.09. The van der Waals surface area contributed by atoms with Crippen molar-refractivity contribution < 1.29 is 4.79 Å². The molecule has 30 heavy (non-hydrogen) atoms. The van der Waals surface area contributed by atoms with E-state index in [2.05, 4.69) is 25.8 Å². The molecule has 0 spiro atoms. The van der Waals surface area contributed by atoms with Gasteiger partial charge in [0.05, 0.1) is 11.7 Å². The normalized spacial score (nSPS) is 16.5. The molecule has 1 amide bonds. The highest BCUT2D eigenvalue weighted by atomic mass is 32.1. The number of benzene rings is 1. The highest BCUT2D eigenvalue weighted by Gasteiger charge is 2.31. The molecule has 0 bridgehead atoms. The molecule has 3 aromatic rings. The first kappa shape index (κ1) is 20.8. The first-order valence-corrected chi connectivity index (χ1v) is 11.5. The minimum atomic E-state index is -0.108. The third-order valence-electron chi connectivity index (χ3n) is 6.25. The molecule has 5 nitrogen and oxygen atoms in total. The number of aromatic nitrogens is 2. The number of carbonyl (C=O) groups excluding carboxylic acids is 1. The van der Waals surface area contributed by atoms with Crippen LogP contribution < -0.4 is 10.5 Å². The molecule has 2 aromatic heterocycles. The molecule has 4 rings (SSSR count). The van der Waals surface area contributed by atoms with Crippen molar-refractivity contribution in [2.24, 2.45) is 11.3 Å². The standard InChI is InChI=1S/C24H29N3O2S/c1-5-27(17-9-7-6-8-10-17)20(28)14-26-15-25-22-21(23(26)29)18-12-11-16(24(2,3)4)13-19(18)30-22/h6-10,15-16H,5,11-14H2,1-4H3/t16-/m0/s1. The molecule has 6 heteroatoms. The van der Waals surface area contributed by atoms with E-state index in [1.54, 1.807) is 16.2 Å². The van der Waals surface area contributed by atoms with E-state index in [1.807, 2.05) is 37.3 Å². The monoisotopic (exact) mass is 423 g/mol. The van der Waals surface area contributed by atoms with Crippen molar-refractivity contribution in [2.75, 3.05) is 11.4 Å². The van der Waals surface area contributed by atoms with Gasteiger partial charge in [0.2, 0.25) is 5.91 Å². The Kier molecular flexibility index (Phi) is 5.53. The number of anilines is 1. The molecular formula is C24H29N3O2S. The van der Waals surface area contributed by atoms with Crippen LogP contribution in [0.4, 0.5) is 5.69 Å². The third kappa shape index (κ3) is 3.81. The quantitative estimate of drug-likeness (QED) is 0.613. The Hall–Kier alpha value is -2.47. The zero-order valence-corrected chi connectivity index (χ0v) is 19.0. The summed E-state index contributed by atoms with van der Waals surface area (Å²) >= 11 is 1.65. The average molecular weight is 424 g/mol. The summed E-state index contributed by atoms with van der Waals surface area (Å²) in [5.41, 5.74) is 2.16. The van der Waals surface area contributed by atoms with E-state index in [1.165, 1.54) is 15.8 Å². The number of likely N-dealkylation sites (N-methyl/N-ethyl adjacent to an activating group) is 1. The van der Waals surface area contributed by atoms with Gasteiger partial charge in [0.1, 0.15) is 11.4 Å². The van der Waals surface area contributed by atoms with Crippen LogP contribution in [-0.2, 0) is 24.2 Å². The zero-order chi connectivity index (χ0) is 21.5. The third-order valence-corrected chi connectivity index (χ3v) is 7.41. The van der Waals surface area contributed by atoms with Gasteiger partial charge in [-0.05, 0) is 55.2 Å². The van der Waals surface area contributed by atoms with Gasteiger partial charge in [0.15, 0.2) is 0 Å². The van der Waals surface area contributed by atoms with E-state index < -0.39 is 0 Å². The summed E-state index contributed by atoms with van der Waals surface area (Å²) in [5, 5.41) is 0.723. The zero-order valence-electron chi connectivity index (χ0n) is 18.1.